The quantitative estimate of drug-likeness (QED) is 0.604. The topological polar surface area (TPSA) is 142 Å². The molecule has 3 heterocycles. The van der Waals surface area contributed by atoms with Crippen LogP contribution in [0.1, 0.15) is 34.8 Å². The molecule has 0 fully saturated rings. The van der Waals surface area contributed by atoms with E-state index in [0.717, 1.165) is 0 Å². The smallest absolute Gasteiger partial charge is 0.271 e. The second-order valence-corrected chi connectivity index (χ2v) is 6.33. The van der Waals surface area contributed by atoms with Crippen molar-refractivity contribution in [2.45, 2.75) is 19.4 Å². The lowest BCUT2D eigenvalue weighted by atomic mass is 10.1. The van der Waals surface area contributed by atoms with Crippen LogP contribution < -0.4 is 16.8 Å². The molecule has 3 aromatic heterocycles. The second kappa shape index (κ2) is 7.14. The Morgan fingerprint density at radius 3 is 2.69 bits per heavy atom. The zero-order valence-corrected chi connectivity index (χ0v) is 15.0. The van der Waals surface area contributed by atoms with Gasteiger partial charge < -0.3 is 21.2 Å². The fourth-order valence-electron chi connectivity index (χ4n) is 2.27. The maximum Gasteiger partial charge on any atom is 0.271 e. The molecule has 138 valence electrons. The molecule has 3 rings (SSSR count). The summed E-state index contributed by atoms with van der Waals surface area (Å²) in [7, 11) is 0. The molecule has 0 saturated carbocycles. The van der Waals surface area contributed by atoms with Gasteiger partial charge in [-0.2, -0.15) is 0 Å². The Kier molecular flexibility index (Phi) is 5.33. The molecule has 0 unspecified atom stereocenters. The predicted octanol–water partition coefficient (Wildman–Crippen LogP) is 0.977. The molecule has 0 bridgehead atoms. The van der Waals surface area contributed by atoms with Crippen molar-refractivity contribution < 1.29 is 14.0 Å². The number of halogens is 1. The van der Waals surface area contributed by atoms with Crippen molar-refractivity contribution >= 4 is 29.9 Å². The molecule has 0 spiro atoms. The van der Waals surface area contributed by atoms with Crippen LogP contribution in [-0.2, 0) is 0 Å². The van der Waals surface area contributed by atoms with Gasteiger partial charge in [-0.3, -0.25) is 14.0 Å². The molecular formula is C16H19ClN6O3. The van der Waals surface area contributed by atoms with Gasteiger partial charge in [-0.15, -0.1) is 12.4 Å². The van der Waals surface area contributed by atoms with Crippen LogP contribution in [0.5, 0.6) is 0 Å². The van der Waals surface area contributed by atoms with Crippen molar-refractivity contribution in [2.75, 3.05) is 6.54 Å². The van der Waals surface area contributed by atoms with Gasteiger partial charge in [-0.05, 0) is 32.0 Å². The largest absolute Gasteiger partial charge is 0.463 e. The van der Waals surface area contributed by atoms with E-state index >= 15 is 0 Å². The number of nitrogens with two attached hydrogens (primary N) is 2. The highest BCUT2D eigenvalue weighted by atomic mass is 35.5. The lowest BCUT2D eigenvalue weighted by Crippen LogP contribution is -2.45. The van der Waals surface area contributed by atoms with Gasteiger partial charge in [0.25, 0.3) is 11.8 Å². The number of carbonyl (C=O) groups excluding carboxylic acids is 2. The number of fused-ring (bicyclic) bond motifs is 1. The minimum Gasteiger partial charge on any atom is -0.463 e. The van der Waals surface area contributed by atoms with Gasteiger partial charge >= 0.3 is 0 Å². The van der Waals surface area contributed by atoms with Crippen molar-refractivity contribution in [1.82, 2.24) is 19.7 Å². The Hall–Kier alpha value is -2.91. The number of rotatable bonds is 5. The van der Waals surface area contributed by atoms with Crippen molar-refractivity contribution in [3.63, 3.8) is 0 Å². The number of primary amides is 1. The average Bonchev–Trinajstić information content (AvgIpc) is 3.19. The first-order valence-electron chi connectivity index (χ1n) is 7.55. The number of nitrogens with one attached hydrogen (secondary N) is 1. The van der Waals surface area contributed by atoms with Crippen LogP contribution in [0.2, 0.25) is 0 Å². The number of imidazole rings is 1. The molecule has 0 aliphatic carbocycles. The van der Waals surface area contributed by atoms with Crippen LogP contribution in [0.4, 0.5) is 0 Å². The molecule has 2 amide bonds. The molecular weight excluding hydrogens is 360 g/mol. The van der Waals surface area contributed by atoms with Crippen LogP contribution >= 0.6 is 12.4 Å². The maximum atomic E-state index is 12.6. The van der Waals surface area contributed by atoms with Gasteiger partial charge in [0.15, 0.2) is 17.1 Å². The SMILES string of the molecule is CC(C)(N)CNC(=O)c1cc(-c2ccco2)nc2c(C(N)=O)ncn12.Cl. The molecule has 0 saturated heterocycles. The molecule has 3 aromatic rings. The van der Waals surface area contributed by atoms with E-state index in [1.165, 1.54) is 17.0 Å². The van der Waals surface area contributed by atoms with Gasteiger partial charge in [0.2, 0.25) is 0 Å². The predicted molar refractivity (Wildman–Crippen MR) is 97.1 cm³/mol. The number of hydrogen-bond acceptors (Lipinski definition) is 6. The summed E-state index contributed by atoms with van der Waals surface area (Å²) >= 11 is 0. The number of carbonyl (C=O) groups is 2. The Morgan fingerprint density at radius 1 is 1.38 bits per heavy atom. The zero-order valence-electron chi connectivity index (χ0n) is 14.2. The van der Waals surface area contributed by atoms with E-state index in [1.54, 1.807) is 32.0 Å². The fraction of sp³-hybridized carbons (Fsp3) is 0.250. The Bertz CT molecular complexity index is 943. The average molecular weight is 379 g/mol. The molecule has 0 aliphatic heterocycles. The summed E-state index contributed by atoms with van der Waals surface area (Å²) < 4.78 is 6.74. The summed E-state index contributed by atoms with van der Waals surface area (Å²) in [6.07, 6.45) is 2.82. The first kappa shape index (κ1) is 19.4. The third-order valence-corrected chi connectivity index (χ3v) is 3.45. The van der Waals surface area contributed by atoms with Crippen molar-refractivity contribution in [2.24, 2.45) is 11.5 Å². The minimum atomic E-state index is -0.735. The molecule has 0 aromatic carbocycles. The number of hydrogen-bond donors (Lipinski definition) is 3. The summed E-state index contributed by atoms with van der Waals surface area (Å²) in [6, 6.07) is 4.95. The van der Waals surface area contributed by atoms with E-state index in [9.17, 15) is 9.59 Å². The van der Waals surface area contributed by atoms with E-state index in [-0.39, 0.29) is 41.9 Å². The summed E-state index contributed by atoms with van der Waals surface area (Å²) in [4.78, 5) is 32.5. The highest BCUT2D eigenvalue weighted by Gasteiger charge is 2.21. The van der Waals surface area contributed by atoms with Gasteiger partial charge in [-0.1, -0.05) is 0 Å². The van der Waals surface area contributed by atoms with Crippen LogP contribution in [0.3, 0.4) is 0 Å². The van der Waals surface area contributed by atoms with Crippen LogP contribution in [0.15, 0.2) is 35.2 Å². The van der Waals surface area contributed by atoms with E-state index in [1.807, 2.05) is 0 Å². The summed E-state index contributed by atoms with van der Waals surface area (Å²) in [5.74, 6) is -0.666. The first-order chi connectivity index (χ1) is 11.8. The van der Waals surface area contributed by atoms with Crippen molar-refractivity contribution in [3.05, 3.63) is 42.2 Å². The molecule has 5 N–H and O–H groups in total. The van der Waals surface area contributed by atoms with E-state index in [0.29, 0.717) is 11.5 Å². The lowest BCUT2D eigenvalue weighted by Gasteiger charge is -2.19. The normalized spacial score (nSPS) is 11.2. The molecule has 0 radical (unpaired) electrons. The highest BCUT2D eigenvalue weighted by Crippen LogP contribution is 2.21. The summed E-state index contributed by atoms with van der Waals surface area (Å²) in [5, 5.41) is 2.75. The standard InChI is InChI=1S/C16H18N6O3.ClH/c1-16(2,18)7-19-15(24)10-6-9(11-4-3-5-25-11)21-14-12(13(17)23)20-8-22(10)14;/h3-6,8H,7,18H2,1-2H3,(H2,17,23)(H,19,24);1H. The lowest BCUT2D eigenvalue weighted by molar-refractivity contribution is 0.0938. The minimum absolute atomic E-state index is 0. The molecule has 26 heavy (non-hydrogen) atoms. The van der Waals surface area contributed by atoms with Gasteiger partial charge in [0.1, 0.15) is 17.7 Å². The Morgan fingerprint density at radius 2 is 2.12 bits per heavy atom. The van der Waals surface area contributed by atoms with Crippen LogP contribution in [-0.4, -0.2) is 38.3 Å². The maximum absolute atomic E-state index is 12.6. The molecule has 0 atom stereocenters. The monoisotopic (exact) mass is 378 g/mol. The molecule has 0 aliphatic rings. The Labute approximate surface area is 155 Å². The number of furan rings is 1. The van der Waals surface area contributed by atoms with Crippen LogP contribution in [0, 0.1) is 0 Å². The van der Waals surface area contributed by atoms with Crippen molar-refractivity contribution in [3.8, 4) is 11.5 Å². The van der Waals surface area contributed by atoms with E-state index in [4.69, 9.17) is 15.9 Å². The third kappa shape index (κ3) is 3.84. The van der Waals surface area contributed by atoms with Crippen molar-refractivity contribution in [1.29, 1.82) is 0 Å². The van der Waals surface area contributed by atoms with Crippen LogP contribution in [0.25, 0.3) is 17.1 Å². The third-order valence-electron chi connectivity index (χ3n) is 3.45. The summed E-state index contributed by atoms with van der Waals surface area (Å²) in [6.45, 7) is 3.86. The van der Waals surface area contributed by atoms with E-state index in [2.05, 4.69) is 15.3 Å². The number of nitrogens with zero attached hydrogens (tertiary/aromatic N) is 3. The van der Waals surface area contributed by atoms with Gasteiger partial charge in [0.05, 0.1) is 6.26 Å². The first-order valence-corrected chi connectivity index (χ1v) is 7.55. The molecule has 9 nitrogen and oxygen atoms in total. The molecule has 10 heteroatoms. The van der Waals surface area contributed by atoms with Gasteiger partial charge in [-0.25, -0.2) is 9.97 Å². The second-order valence-electron chi connectivity index (χ2n) is 6.33. The Balaban J connectivity index is 0.00000243. The number of amides is 2. The number of aromatic nitrogens is 3. The van der Waals surface area contributed by atoms with Gasteiger partial charge in [0, 0.05) is 12.1 Å². The fourth-order valence-corrected chi connectivity index (χ4v) is 2.27. The van der Waals surface area contributed by atoms with E-state index < -0.39 is 11.4 Å². The summed E-state index contributed by atoms with van der Waals surface area (Å²) in [5.41, 5.74) is 11.4. The highest BCUT2D eigenvalue weighted by molar-refractivity contribution is 5.99. The zero-order chi connectivity index (χ0) is 18.2.